The number of hydrogen-bond acceptors (Lipinski definition) is 4. The van der Waals surface area contributed by atoms with Gasteiger partial charge in [-0.2, -0.15) is 0 Å². The molecule has 1 heterocycles. The van der Waals surface area contributed by atoms with Gasteiger partial charge in [0.25, 0.3) is 0 Å². The standard InChI is InChI=1S/C16H21NO5/c18-14(19)11-21-10-8-17-16(20)13-7-4-9-22-15(13)12-5-2-1-3-6-12/h1-3,5-6,13,15H,4,7-11H2,(H,17,20)(H,18,19). The van der Waals surface area contributed by atoms with Crippen LogP contribution in [-0.2, 0) is 19.1 Å². The lowest BCUT2D eigenvalue weighted by Crippen LogP contribution is -2.39. The lowest BCUT2D eigenvalue weighted by Gasteiger charge is -2.31. The van der Waals surface area contributed by atoms with E-state index in [2.05, 4.69) is 5.32 Å². The Morgan fingerprint density at radius 2 is 2.09 bits per heavy atom. The topological polar surface area (TPSA) is 84.9 Å². The van der Waals surface area contributed by atoms with E-state index in [1.807, 2.05) is 30.3 Å². The molecule has 0 aromatic heterocycles. The first kappa shape index (κ1) is 16.5. The van der Waals surface area contributed by atoms with E-state index in [-0.39, 0.29) is 31.1 Å². The van der Waals surface area contributed by atoms with Crippen molar-refractivity contribution in [1.29, 1.82) is 0 Å². The summed E-state index contributed by atoms with van der Waals surface area (Å²) in [6, 6.07) is 9.73. The third-order valence-corrected chi connectivity index (χ3v) is 3.56. The Kier molecular flexibility index (Phi) is 6.36. The summed E-state index contributed by atoms with van der Waals surface area (Å²) in [4.78, 5) is 22.6. The molecule has 0 aliphatic carbocycles. The Bertz CT molecular complexity index is 491. The number of rotatable bonds is 7. The number of amides is 1. The van der Waals surface area contributed by atoms with Gasteiger partial charge in [0.2, 0.25) is 5.91 Å². The Morgan fingerprint density at radius 1 is 1.32 bits per heavy atom. The molecule has 1 saturated heterocycles. The van der Waals surface area contributed by atoms with Gasteiger partial charge >= 0.3 is 5.97 Å². The van der Waals surface area contributed by atoms with Crippen LogP contribution >= 0.6 is 0 Å². The maximum absolute atomic E-state index is 12.3. The first-order valence-electron chi connectivity index (χ1n) is 7.42. The summed E-state index contributed by atoms with van der Waals surface area (Å²) < 4.78 is 10.7. The Labute approximate surface area is 129 Å². The third-order valence-electron chi connectivity index (χ3n) is 3.56. The second-order valence-corrected chi connectivity index (χ2v) is 5.19. The van der Waals surface area contributed by atoms with Gasteiger partial charge in [-0.05, 0) is 18.4 Å². The van der Waals surface area contributed by atoms with Gasteiger partial charge in [-0.15, -0.1) is 0 Å². The highest BCUT2D eigenvalue weighted by Crippen LogP contribution is 2.33. The number of nitrogens with one attached hydrogen (secondary N) is 1. The molecular formula is C16H21NO5. The molecule has 1 aliphatic heterocycles. The molecule has 1 amide bonds. The molecule has 0 saturated carbocycles. The Balaban J connectivity index is 1.85. The van der Waals surface area contributed by atoms with Gasteiger partial charge in [-0.25, -0.2) is 4.79 Å². The molecule has 6 nitrogen and oxygen atoms in total. The number of carbonyl (C=O) groups excluding carboxylic acids is 1. The molecule has 6 heteroatoms. The minimum atomic E-state index is -1.02. The van der Waals surface area contributed by atoms with Crippen LogP contribution in [0.5, 0.6) is 0 Å². The van der Waals surface area contributed by atoms with Gasteiger partial charge in [0, 0.05) is 13.2 Å². The summed E-state index contributed by atoms with van der Waals surface area (Å²) in [7, 11) is 0. The van der Waals surface area contributed by atoms with Gasteiger partial charge in [-0.3, -0.25) is 4.79 Å². The summed E-state index contributed by atoms with van der Waals surface area (Å²) in [6.45, 7) is 0.784. The van der Waals surface area contributed by atoms with Crippen molar-refractivity contribution in [3.05, 3.63) is 35.9 Å². The van der Waals surface area contributed by atoms with Crippen LogP contribution < -0.4 is 5.32 Å². The Morgan fingerprint density at radius 3 is 2.82 bits per heavy atom. The van der Waals surface area contributed by atoms with Crippen LogP contribution in [0.15, 0.2) is 30.3 Å². The van der Waals surface area contributed by atoms with Crippen LogP contribution in [0.1, 0.15) is 24.5 Å². The lowest BCUT2D eigenvalue weighted by molar-refractivity contribution is -0.142. The predicted octanol–water partition coefficient (Wildman–Crippen LogP) is 1.37. The summed E-state index contributed by atoms with van der Waals surface area (Å²) in [5.74, 6) is -1.32. The van der Waals surface area contributed by atoms with E-state index >= 15 is 0 Å². The lowest BCUT2D eigenvalue weighted by atomic mass is 9.89. The number of aliphatic carboxylic acids is 1. The monoisotopic (exact) mass is 307 g/mol. The van der Waals surface area contributed by atoms with E-state index in [9.17, 15) is 9.59 Å². The van der Waals surface area contributed by atoms with Crippen molar-refractivity contribution in [2.24, 2.45) is 5.92 Å². The highest BCUT2D eigenvalue weighted by Gasteiger charge is 2.32. The average Bonchev–Trinajstić information content (AvgIpc) is 2.55. The molecular weight excluding hydrogens is 286 g/mol. The highest BCUT2D eigenvalue weighted by molar-refractivity contribution is 5.79. The second-order valence-electron chi connectivity index (χ2n) is 5.19. The van der Waals surface area contributed by atoms with Crippen molar-refractivity contribution in [2.45, 2.75) is 18.9 Å². The number of carboxylic acid groups (broad SMARTS) is 1. The average molecular weight is 307 g/mol. The van der Waals surface area contributed by atoms with Gasteiger partial charge < -0.3 is 19.9 Å². The van der Waals surface area contributed by atoms with Crippen molar-refractivity contribution in [3.63, 3.8) is 0 Å². The largest absolute Gasteiger partial charge is 0.480 e. The fourth-order valence-electron chi connectivity index (χ4n) is 2.56. The normalized spacial score (nSPS) is 21.3. The second kappa shape index (κ2) is 8.51. The number of benzene rings is 1. The van der Waals surface area contributed by atoms with Crippen LogP contribution in [0.2, 0.25) is 0 Å². The Hall–Kier alpha value is -1.92. The SMILES string of the molecule is O=C(O)COCCNC(=O)C1CCCOC1c1ccccc1. The molecule has 1 fully saturated rings. The maximum atomic E-state index is 12.3. The smallest absolute Gasteiger partial charge is 0.329 e. The maximum Gasteiger partial charge on any atom is 0.329 e. The van der Waals surface area contributed by atoms with Crippen LogP contribution in [0.4, 0.5) is 0 Å². The van der Waals surface area contributed by atoms with Crippen LogP contribution in [-0.4, -0.2) is 43.3 Å². The zero-order valence-corrected chi connectivity index (χ0v) is 12.4. The molecule has 22 heavy (non-hydrogen) atoms. The van der Waals surface area contributed by atoms with Crippen molar-refractivity contribution < 1.29 is 24.2 Å². The fourth-order valence-corrected chi connectivity index (χ4v) is 2.56. The van der Waals surface area contributed by atoms with Crippen LogP contribution in [0.3, 0.4) is 0 Å². The molecule has 2 atom stereocenters. The summed E-state index contributed by atoms with van der Waals surface area (Å²) in [5.41, 5.74) is 1.00. The first-order valence-corrected chi connectivity index (χ1v) is 7.42. The molecule has 120 valence electrons. The molecule has 2 N–H and O–H groups in total. The van der Waals surface area contributed by atoms with Gasteiger partial charge in [0.05, 0.1) is 18.6 Å². The van der Waals surface area contributed by atoms with E-state index in [1.54, 1.807) is 0 Å². The summed E-state index contributed by atoms with van der Waals surface area (Å²) in [5, 5.41) is 11.2. The summed E-state index contributed by atoms with van der Waals surface area (Å²) >= 11 is 0. The van der Waals surface area contributed by atoms with Crippen LogP contribution in [0.25, 0.3) is 0 Å². The predicted molar refractivity (Wildman–Crippen MR) is 79.3 cm³/mol. The molecule has 0 bridgehead atoms. The molecule has 0 spiro atoms. The van der Waals surface area contributed by atoms with E-state index in [4.69, 9.17) is 14.6 Å². The van der Waals surface area contributed by atoms with E-state index < -0.39 is 5.97 Å². The van der Waals surface area contributed by atoms with Crippen LogP contribution in [0, 0.1) is 5.92 Å². The van der Waals surface area contributed by atoms with E-state index in [0.717, 1.165) is 18.4 Å². The minimum absolute atomic E-state index is 0.0764. The zero-order chi connectivity index (χ0) is 15.8. The van der Waals surface area contributed by atoms with Gasteiger partial charge in [-0.1, -0.05) is 30.3 Å². The number of hydrogen-bond donors (Lipinski definition) is 2. The van der Waals surface area contributed by atoms with E-state index in [0.29, 0.717) is 13.2 Å². The summed E-state index contributed by atoms with van der Waals surface area (Å²) in [6.07, 6.45) is 1.41. The van der Waals surface area contributed by atoms with E-state index in [1.165, 1.54) is 0 Å². The fraction of sp³-hybridized carbons (Fsp3) is 0.500. The molecule has 2 unspecified atom stereocenters. The molecule has 1 aromatic carbocycles. The number of carbonyl (C=O) groups is 2. The highest BCUT2D eigenvalue weighted by atomic mass is 16.5. The molecule has 0 radical (unpaired) electrons. The zero-order valence-electron chi connectivity index (χ0n) is 12.4. The van der Waals surface area contributed by atoms with Crippen molar-refractivity contribution in [2.75, 3.05) is 26.4 Å². The quantitative estimate of drug-likeness (QED) is 0.743. The van der Waals surface area contributed by atoms with Crippen molar-refractivity contribution >= 4 is 11.9 Å². The number of ether oxygens (including phenoxy) is 2. The molecule has 2 rings (SSSR count). The van der Waals surface area contributed by atoms with Gasteiger partial charge in [0.15, 0.2) is 0 Å². The first-order chi connectivity index (χ1) is 10.7. The number of carboxylic acids is 1. The minimum Gasteiger partial charge on any atom is -0.480 e. The van der Waals surface area contributed by atoms with Crippen molar-refractivity contribution in [3.8, 4) is 0 Å². The molecule has 1 aliphatic rings. The van der Waals surface area contributed by atoms with Crippen molar-refractivity contribution in [1.82, 2.24) is 5.32 Å². The van der Waals surface area contributed by atoms with Gasteiger partial charge in [0.1, 0.15) is 6.61 Å². The molecule has 1 aromatic rings. The third kappa shape index (κ3) is 4.82.